The minimum absolute atomic E-state index is 0.194. The van der Waals surface area contributed by atoms with Gasteiger partial charge in [-0.3, -0.25) is 0 Å². The number of hydrogen-bond acceptors (Lipinski definition) is 2. The maximum atomic E-state index is 9.28. The van der Waals surface area contributed by atoms with Gasteiger partial charge in [-0.2, -0.15) is 0 Å². The summed E-state index contributed by atoms with van der Waals surface area (Å²) < 4.78 is 0. The van der Waals surface area contributed by atoms with Crippen LogP contribution in [0.4, 0.5) is 0 Å². The van der Waals surface area contributed by atoms with Gasteiger partial charge in [0.05, 0.1) is 6.61 Å². The second-order valence-corrected chi connectivity index (χ2v) is 4.23. The fourth-order valence-electron chi connectivity index (χ4n) is 1.78. The first-order valence-corrected chi connectivity index (χ1v) is 6.25. The smallest absolute Gasteiger partial charge is 0.0587 e. The van der Waals surface area contributed by atoms with E-state index in [0.29, 0.717) is 0 Å². The molecule has 0 saturated carbocycles. The molecule has 0 heterocycles. The summed E-state index contributed by atoms with van der Waals surface area (Å²) in [7, 11) is 0. The van der Waals surface area contributed by atoms with E-state index in [2.05, 4.69) is 24.4 Å². The lowest BCUT2D eigenvalue weighted by molar-refractivity contribution is 0.241. The summed E-state index contributed by atoms with van der Waals surface area (Å²) in [6, 6.07) is 10.5. The number of aliphatic hydroxyl groups is 1. The summed E-state index contributed by atoms with van der Waals surface area (Å²) in [6.45, 7) is 3.42. The first-order chi connectivity index (χ1) is 7.86. The highest BCUT2D eigenvalue weighted by Gasteiger charge is 2.06. The molecule has 90 valence electrons. The standard InChI is InChI=1S/C14H23NO/c1-2-3-7-10-15-14(12-16)11-13-8-5-4-6-9-13/h4-6,8-9,14-16H,2-3,7,10-12H2,1H3/t14-/m1/s1. The van der Waals surface area contributed by atoms with Gasteiger partial charge in [-0.25, -0.2) is 0 Å². The molecule has 0 saturated heterocycles. The highest BCUT2D eigenvalue weighted by Crippen LogP contribution is 2.03. The Labute approximate surface area is 98.7 Å². The lowest BCUT2D eigenvalue weighted by atomic mass is 10.1. The largest absolute Gasteiger partial charge is 0.395 e. The summed E-state index contributed by atoms with van der Waals surface area (Å²) in [5.74, 6) is 0. The average Bonchev–Trinajstić information content (AvgIpc) is 2.34. The van der Waals surface area contributed by atoms with Crippen LogP contribution in [0.25, 0.3) is 0 Å². The van der Waals surface area contributed by atoms with Crippen molar-refractivity contribution < 1.29 is 5.11 Å². The van der Waals surface area contributed by atoms with Crippen LogP contribution < -0.4 is 5.32 Å². The molecule has 0 spiro atoms. The van der Waals surface area contributed by atoms with Gasteiger partial charge in [-0.15, -0.1) is 0 Å². The van der Waals surface area contributed by atoms with Crippen LogP contribution in [-0.2, 0) is 6.42 Å². The predicted molar refractivity (Wildman–Crippen MR) is 68.5 cm³/mol. The van der Waals surface area contributed by atoms with E-state index < -0.39 is 0 Å². The van der Waals surface area contributed by atoms with Gasteiger partial charge in [0.25, 0.3) is 0 Å². The summed E-state index contributed by atoms with van der Waals surface area (Å²) in [5.41, 5.74) is 1.28. The zero-order chi connectivity index (χ0) is 11.6. The molecule has 2 heteroatoms. The van der Waals surface area contributed by atoms with E-state index >= 15 is 0 Å². The molecule has 1 atom stereocenters. The second-order valence-electron chi connectivity index (χ2n) is 4.23. The Morgan fingerprint density at radius 1 is 1.19 bits per heavy atom. The van der Waals surface area contributed by atoms with Crippen LogP contribution in [0.2, 0.25) is 0 Å². The first-order valence-electron chi connectivity index (χ1n) is 6.25. The molecule has 0 amide bonds. The van der Waals surface area contributed by atoms with Crippen LogP contribution in [0.1, 0.15) is 31.7 Å². The number of hydrogen-bond donors (Lipinski definition) is 2. The fraction of sp³-hybridized carbons (Fsp3) is 0.571. The van der Waals surface area contributed by atoms with E-state index in [1.807, 2.05) is 18.2 Å². The van der Waals surface area contributed by atoms with E-state index in [1.54, 1.807) is 0 Å². The van der Waals surface area contributed by atoms with Gasteiger partial charge in [0.15, 0.2) is 0 Å². The Kier molecular flexibility index (Phi) is 6.86. The number of unbranched alkanes of at least 4 members (excludes halogenated alkanes) is 2. The van der Waals surface area contributed by atoms with E-state index in [1.165, 1.54) is 24.8 Å². The van der Waals surface area contributed by atoms with Crippen molar-refractivity contribution in [1.29, 1.82) is 0 Å². The molecule has 1 aromatic rings. The molecule has 0 radical (unpaired) electrons. The van der Waals surface area contributed by atoms with Crippen molar-refractivity contribution in [2.24, 2.45) is 0 Å². The summed E-state index contributed by atoms with van der Waals surface area (Å²) in [6.07, 6.45) is 4.60. The third kappa shape index (κ3) is 5.29. The lowest BCUT2D eigenvalue weighted by Gasteiger charge is -2.16. The van der Waals surface area contributed by atoms with Crippen LogP contribution >= 0.6 is 0 Å². The monoisotopic (exact) mass is 221 g/mol. The van der Waals surface area contributed by atoms with Crippen molar-refractivity contribution in [3.8, 4) is 0 Å². The highest BCUT2D eigenvalue weighted by molar-refractivity contribution is 5.15. The van der Waals surface area contributed by atoms with Crippen molar-refractivity contribution in [3.63, 3.8) is 0 Å². The molecule has 16 heavy (non-hydrogen) atoms. The van der Waals surface area contributed by atoms with Crippen LogP contribution in [0.15, 0.2) is 30.3 Å². The number of aliphatic hydroxyl groups excluding tert-OH is 1. The van der Waals surface area contributed by atoms with Gasteiger partial charge in [0.2, 0.25) is 0 Å². The highest BCUT2D eigenvalue weighted by atomic mass is 16.3. The predicted octanol–water partition coefficient (Wildman–Crippen LogP) is 2.37. The number of nitrogens with one attached hydrogen (secondary N) is 1. The molecule has 0 aliphatic rings. The Morgan fingerprint density at radius 3 is 2.56 bits per heavy atom. The molecular weight excluding hydrogens is 198 g/mol. The minimum atomic E-state index is 0.194. The summed E-state index contributed by atoms with van der Waals surface area (Å²) >= 11 is 0. The number of rotatable bonds is 8. The Hall–Kier alpha value is -0.860. The van der Waals surface area contributed by atoms with E-state index in [9.17, 15) is 5.11 Å². The molecular formula is C14H23NO. The molecule has 1 aromatic carbocycles. The SMILES string of the molecule is CCCCCN[C@@H](CO)Cc1ccccc1. The molecule has 2 N–H and O–H groups in total. The van der Waals surface area contributed by atoms with Crippen molar-refractivity contribution in [2.45, 2.75) is 38.6 Å². The Balaban J connectivity index is 2.26. The van der Waals surface area contributed by atoms with Gasteiger partial charge in [-0.1, -0.05) is 50.1 Å². The van der Waals surface area contributed by atoms with Gasteiger partial charge < -0.3 is 10.4 Å². The van der Waals surface area contributed by atoms with Crippen LogP contribution in [0.3, 0.4) is 0 Å². The molecule has 2 nitrogen and oxygen atoms in total. The van der Waals surface area contributed by atoms with Crippen LogP contribution in [0, 0.1) is 0 Å². The molecule has 0 fully saturated rings. The molecule has 0 unspecified atom stereocenters. The lowest BCUT2D eigenvalue weighted by Crippen LogP contribution is -2.35. The summed E-state index contributed by atoms with van der Waals surface area (Å²) in [5, 5.41) is 12.7. The zero-order valence-corrected chi connectivity index (χ0v) is 10.2. The quantitative estimate of drug-likeness (QED) is 0.661. The molecule has 0 bridgehead atoms. The zero-order valence-electron chi connectivity index (χ0n) is 10.2. The van der Waals surface area contributed by atoms with Crippen molar-refractivity contribution in [1.82, 2.24) is 5.32 Å². The second kappa shape index (κ2) is 8.31. The maximum Gasteiger partial charge on any atom is 0.0587 e. The van der Waals surface area contributed by atoms with Crippen LogP contribution in [-0.4, -0.2) is 24.3 Å². The van der Waals surface area contributed by atoms with Gasteiger partial charge >= 0.3 is 0 Å². The van der Waals surface area contributed by atoms with Crippen molar-refractivity contribution >= 4 is 0 Å². The van der Waals surface area contributed by atoms with Gasteiger partial charge in [0.1, 0.15) is 0 Å². The molecule has 1 rings (SSSR count). The maximum absolute atomic E-state index is 9.28. The van der Waals surface area contributed by atoms with Crippen molar-refractivity contribution in [3.05, 3.63) is 35.9 Å². The number of benzene rings is 1. The summed E-state index contributed by atoms with van der Waals surface area (Å²) in [4.78, 5) is 0. The first kappa shape index (κ1) is 13.2. The van der Waals surface area contributed by atoms with E-state index in [-0.39, 0.29) is 12.6 Å². The third-order valence-corrected chi connectivity index (χ3v) is 2.76. The van der Waals surface area contributed by atoms with Gasteiger partial charge in [0, 0.05) is 6.04 Å². The Morgan fingerprint density at radius 2 is 1.94 bits per heavy atom. The normalized spacial score (nSPS) is 12.6. The molecule has 0 aromatic heterocycles. The minimum Gasteiger partial charge on any atom is -0.395 e. The van der Waals surface area contributed by atoms with Crippen molar-refractivity contribution in [2.75, 3.05) is 13.2 Å². The van der Waals surface area contributed by atoms with Gasteiger partial charge in [-0.05, 0) is 24.9 Å². The fourth-order valence-corrected chi connectivity index (χ4v) is 1.78. The molecule has 0 aliphatic carbocycles. The topological polar surface area (TPSA) is 32.3 Å². The van der Waals surface area contributed by atoms with Crippen LogP contribution in [0.5, 0.6) is 0 Å². The van der Waals surface area contributed by atoms with E-state index in [4.69, 9.17) is 0 Å². The van der Waals surface area contributed by atoms with E-state index in [0.717, 1.165) is 13.0 Å². The average molecular weight is 221 g/mol. The third-order valence-electron chi connectivity index (χ3n) is 2.76. The molecule has 0 aliphatic heterocycles. The Bertz CT molecular complexity index is 261.